The maximum atomic E-state index is 12.9. The highest BCUT2D eigenvalue weighted by Gasteiger charge is 2.22. The van der Waals surface area contributed by atoms with E-state index in [2.05, 4.69) is 5.32 Å². The Morgan fingerprint density at radius 2 is 1.56 bits per heavy atom. The molecule has 0 atom stereocenters. The number of benzene rings is 2. The van der Waals surface area contributed by atoms with Crippen LogP contribution in [0.4, 0.5) is 0 Å². The molecule has 0 spiro atoms. The van der Waals surface area contributed by atoms with Gasteiger partial charge in [-0.25, -0.2) is 0 Å². The number of hydrogen-bond acceptors (Lipinski definition) is 3. The average Bonchev–Trinajstić information content (AvgIpc) is 2.74. The summed E-state index contributed by atoms with van der Waals surface area (Å²) in [4.78, 5) is 27.1. The summed E-state index contributed by atoms with van der Waals surface area (Å²) in [5.74, 6) is -0.517. The van der Waals surface area contributed by atoms with E-state index in [1.165, 1.54) is 0 Å². The van der Waals surface area contributed by atoms with Gasteiger partial charge in [0.05, 0.1) is 13.2 Å². The van der Waals surface area contributed by atoms with E-state index in [9.17, 15) is 9.59 Å². The molecule has 1 aliphatic rings. The quantitative estimate of drug-likeness (QED) is 0.657. The molecule has 0 bridgehead atoms. The molecule has 5 heteroatoms. The third kappa shape index (κ3) is 5.39. The van der Waals surface area contributed by atoms with E-state index in [-0.39, 0.29) is 17.5 Å². The lowest BCUT2D eigenvalue weighted by atomic mass is 10.2. The minimum absolute atomic E-state index is 0.208. The SMILES string of the molecule is O=C(N/C(=C\C=C\c1ccccc1)C(=O)N1CCOCC1)c1ccccc1. The molecule has 3 rings (SSSR count). The van der Waals surface area contributed by atoms with Crippen LogP contribution >= 0.6 is 0 Å². The Morgan fingerprint density at radius 1 is 0.926 bits per heavy atom. The van der Waals surface area contributed by atoms with Crippen LogP contribution in [0.5, 0.6) is 0 Å². The molecule has 1 heterocycles. The normalized spacial score (nSPS) is 15.0. The van der Waals surface area contributed by atoms with Gasteiger partial charge in [0.1, 0.15) is 5.70 Å². The zero-order valence-electron chi connectivity index (χ0n) is 15.0. The Balaban J connectivity index is 1.79. The van der Waals surface area contributed by atoms with Gasteiger partial charge in [-0.3, -0.25) is 9.59 Å². The van der Waals surface area contributed by atoms with Crippen molar-refractivity contribution in [3.05, 3.63) is 89.6 Å². The van der Waals surface area contributed by atoms with E-state index in [0.29, 0.717) is 31.9 Å². The Kier molecular flexibility index (Phi) is 6.55. The van der Waals surface area contributed by atoms with Gasteiger partial charge in [-0.2, -0.15) is 0 Å². The summed E-state index contributed by atoms with van der Waals surface area (Å²) < 4.78 is 5.30. The summed E-state index contributed by atoms with van der Waals surface area (Å²) in [6.07, 6.45) is 5.31. The van der Waals surface area contributed by atoms with Crippen LogP contribution in [0.15, 0.2) is 78.5 Å². The second-order valence-corrected chi connectivity index (χ2v) is 6.07. The lowest BCUT2D eigenvalue weighted by molar-refractivity contribution is -0.131. The monoisotopic (exact) mass is 362 g/mol. The first-order valence-electron chi connectivity index (χ1n) is 8.91. The number of amides is 2. The van der Waals surface area contributed by atoms with Crippen molar-refractivity contribution in [3.63, 3.8) is 0 Å². The number of carbonyl (C=O) groups is 2. The van der Waals surface area contributed by atoms with Crippen LogP contribution in [0.2, 0.25) is 0 Å². The minimum atomic E-state index is -0.309. The highest BCUT2D eigenvalue weighted by atomic mass is 16.5. The number of nitrogens with one attached hydrogen (secondary N) is 1. The molecular weight excluding hydrogens is 340 g/mol. The van der Waals surface area contributed by atoms with E-state index >= 15 is 0 Å². The van der Waals surface area contributed by atoms with Crippen LogP contribution in [-0.4, -0.2) is 43.0 Å². The molecular formula is C22H22N2O3. The molecule has 1 N–H and O–H groups in total. The number of carbonyl (C=O) groups excluding carboxylic acids is 2. The van der Waals surface area contributed by atoms with E-state index < -0.39 is 0 Å². The van der Waals surface area contributed by atoms with Crippen LogP contribution in [0.25, 0.3) is 6.08 Å². The first-order chi connectivity index (χ1) is 13.2. The smallest absolute Gasteiger partial charge is 0.270 e. The summed E-state index contributed by atoms with van der Waals surface area (Å²) >= 11 is 0. The summed E-state index contributed by atoms with van der Waals surface area (Å²) in [5, 5.41) is 2.76. The van der Waals surface area contributed by atoms with Gasteiger partial charge in [0.25, 0.3) is 11.8 Å². The van der Waals surface area contributed by atoms with Crippen LogP contribution in [0.3, 0.4) is 0 Å². The van der Waals surface area contributed by atoms with E-state index in [4.69, 9.17) is 4.74 Å². The van der Waals surface area contributed by atoms with Crippen LogP contribution in [0.1, 0.15) is 15.9 Å². The Bertz CT molecular complexity index is 823. The molecule has 1 aliphatic heterocycles. The van der Waals surface area contributed by atoms with Gasteiger partial charge in [-0.1, -0.05) is 60.7 Å². The number of nitrogens with zero attached hydrogens (tertiary/aromatic N) is 1. The first kappa shape index (κ1) is 18.6. The zero-order chi connectivity index (χ0) is 18.9. The number of rotatable bonds is 5. The Morgan fingerprint density at radius 3 is 2.22 bits per heavy atom. The number of allylic oxidation sites excluding steroid dienone is 2. The average molecular weight is 362 g/mol. The second kappa shape index (κ2) is 9.50. The van der Waals surface area contributed by atoms with Gasteiger partial charge in [-0.15, -0.1) is 0 Å². The van der Waals surface area contributed by atoms with Gasteiger partial charge in [0.15, 0.2) is 0 Å². The maximum Gasteiger partial charge on any atom is 0.270 e. The number of ether oxygens (including phenoxy) is 1. The standard InChI is InChI=1S/C22H22N2O3/c25-21(19-11-5-2-6-12-19)23-20(22(26)24-14-16-27-17-15-24)13-7-10-18-8-3-1-4-9-18/h1-13H,14-17H2,(H,23,25)/b10-7+,20-13-. The molecule has 27 heavy (non-hydrogen) atoms. The minimum Gasteiger partial charge on any atom is -0.378 e. The van der Waals surface area contributed by atoms with Crippen molar-refractivity contribution in [2.45, 2.75) is 0 Å². The number of hydrogen-bond donors (Lipinski definition) is 1. The third-order valence-electron chi connectivity index (χ3n) is 4.16. The third-order valence-corrected chi connectivity index (χ3v) is 4.16. The van der Waals surface area contributed by atoms with Crippen molar-refractivity contribution in [1.82, 2.24) is 10.2 Å². The molecule has 138 valence electrons. The molecule has 2 aromatic carbocycles. The molecule has 2 aromatic rings. The molecule has 0 radical (unpaired) electrons. The number of morpholine rings is 1. The molecule has 1 fully saturated rings. The fourth-order valence-corrected chi connectivity index (χ4v) is 2.71. The fourth-order valence-electron chi connectivity index (χ4n) is 2.71. The van der Waals surface area contributed by atoms with Gasteiger partial charge in [0, 0.05) is 18.7 Å². The van der Waals surface area contributed by atoms with Crippen molar-refractivity contribution in [2.75, 3.05) is 26.3 Å². The van der Waals surface area contributed by atoms with Crippen LogP contribution in [-0.2, 0) is 9.53 Å². The predicted octanol–water partition coefficient (Wildman–Crippen LogP) is 2.87. The van der Waals surface area contributed by atoms with Crippen molar-refractivity contribution in [2.24, 2.45) is 0 Å². The van der Waals surface area contributed by atoms with Crippen LogP contribution in [0, 0.1) is 0 Å². The summed E-state index contributed by atoms with van der Waals surface area (Å²) in [5.41, 5.74) is 1.77. The maximum absolute atomic E-state index is 12.9. The fraction of sp³-hybridized carbons (Fsp3) is 0.182. The lowest BCUT2D eigenvalue weighted by Gasteiger charge is -2.27. The van der Waals surface area contributed by atoms with Crippen molar-refractivity contribution in [1.29, 1.82) is 0 Å². The van der Waals surface area contributed by atoms with Crippen molar-refractivity contribution >= 4 is 17.9 Å². The van der Waals surface area contributed by atoms with E-state index in [0.717, 1.165) is 5.56 Å². The molecule has 0 saturated carbocycles. The highest BCUT2D eigenvalue weighted by molar-refractivity contribution is 6.03. The summed E-state index contributed by atoms with van der Waals surface area (Å²) in [6, 6.07) is 18.6. The van der Waals surface area contributed by atoms with Crippen molar-refractivity contribution < 1.29 is 14.3 Å². The predicted molar refractivity (Wildman–Crippen MR) is 105 cm³/mol. The second-order valence-electron chi connectivity index (χ2n) is 6.07. The van der Waals surface area contributed by atoms with Gasteiger partial charge in [0.2, 0.25) is 0 Å². The summed E-state index contributed by atoms with van der Waals surface area (Å²) in [6.45, 7) is 2.04. The first-order valence-corrected chi connectivity index (χ1v) is 8.91. The Labute approximate surface area is 158 Å². The highest BCUT2D eigenvalue weighted by Crippen LogP contribution is 2.08. The molecule has 2 amide bonds. The lowest BCUT2D eigenvalue weighted by Crippen LogP contribution is -2.44. The van der Waals surface area contributed by atoms with Gasteiger partial charge < -0.3 is 15.0 Å². The van der Waals surface area contributed by atoms with E-state index in [1.807, 2.05) is 42.5 Å². The van der Waals surface area contributed by atoms with Crippen LogP contribution < -0.4 is 5.32 Å². The molecule has 5 nitrogen and oxygen atoms in total. The zero-order valence-corrected chi connectivity index (χ0v) is 15.0. The molecule has 1 saturated heterocycles. The van der Waals surface area contributed by atoms with Gasteiger partial charge >= 0.3 is 0 Å². The molecule has 0 aliphatic carbocycles. The van der Waals surface area contributed by atoms with Gasteiger partial charge in [-0.05, 0) is 23.8 Å². The largest absolute Gasteiger partial charge is 0.378 e. The summed E-state index contributed by atoms with van der Waals surface area (Å²) in [7, 11) is 0. The molecule has 0 unspecified atom stereocenters. The topological polar surface area (TPSA) is 58.6 Å². The molecule has 0 aromatic heterocycles. The van der Waals surface area contributed by atoms with Crippen molar-refractivity contribution in [3.8, 4) is 0 Å². The van der Waals surface area contributed by atoms with E-state index in [1.54, 1.807) is 41.3 Å². The Hall–Kier alpha value is -3.18.